The van der Waals surface area contributed by atoms with Crippen molar-refractivity contribution in [1.29, 1.82) is 0 Å². The third kappa shape index (κ3) is 5.05. The van der Waals surface area contributed by atoms with E-state index >= 15 is 0 Å². The maximum Gasteiger partial charge on any atom is 0.191 e. The van der Waals surface area contributed by atoms with Gasteiger partial charge in [-0.05, 0) is 18.4 Å². The lowest BCUT2D eigenvalue weighted by Gasteiger charge is -2.15. The zero-order chi connectivity index (χ0) is 14.0. The van der Waals surface area contributed by atoms with Crippen molar-refractivity contribution in [3.8, 4) is 0 Å². The van der Waals surface area contributed by atoms with Crippen molar-refractivity contribution in [3.05, 3.63) is 47.5 Å². The van der Waals surface area contributed by atoms with E-state index in [0.717, 1.165) is 45.1 Å². The highest BCUT2D eigenvalue weighted by Gasteiger charge is 2.04. The quantitative estimate of drug-likeness (QED) is 0.490. The molecule has 0 atom stereocenters. The summed E-state index contributed by atoms with van der Waals surface area (Å²) in [5.41, 5.74) is 2.73. The van der Waals surface area contributed by atoms with Crippen LogP contribution in [0.25, 0.3) is 0 Å². The van der Waals surface area contributed by atoms with Crippen LogP contribution in [0.4, 0.5) is 0 Å². The molecule has 2 N–H and O–H groups in total. The summed E-state index contributed by atoms with van der Waals surface area (Å²) >= 11 is 0. The third-order valence-corrected chi connectivity index (χ3v) is 3.32. The van der Waals surface area contributed by atoms with Crippen LogP contribution in [0.1, 0.15) is 18.4 Å². The van der Waals surface area contributed by atoms with Gasteiger partial charge in [0.2, 0.25) is 0 Å². The van der Waals surface area contributed by atoms with Crippen molar-refractivity contribution >= 4 is 5.96 Å². The van der Waals surface area contributed by atoms with Crippen molar-refractivity contribution in [3.63, 3.8) is 0 Å². The lowest BCUT2D eigenvalue weighted by atomic mass is 10.1. The van der Waals surface area contributed by atoms with E-state index in [1.54, 1.807) is 7.05 Å². The number of hydrogen-bond donors (Lipinski definition) is 2. The number of nitrogens with one attached hydrogen (secondary N) is 2. The first-order valence-electron chi connectivity index (χ1n) is 7.12. The number of nitrogens with zero attached hydrogens (tertiary/aromatic N) is 1. The molecule has 0 saturated carbocycles. The molecule has 0 spiro atoms. The van der Waals surface area contributed by atoms with Crippen molar-refractivity contribution in [1.82, 2.24) is 10.6 Å². The minimum atomic E-state index is 0.760. The van der Waals surface area contributed by atoms with E-state index < -0.39 is 0 Å². The second-order valence-electron chi connectivity index (χ2n) is 4.78. The van der Waals surface area contributed by atoms with Crippen LogP contribution >= 0.6 is 0 Å². The topological polar surface area (TPSA) is 45.7 Å². The summed E-state index contributed by atoms with van der Waals surface area (Å²) in [5, 5.41) is 6.66. The van der Waals surface area contributed by atoms with Crippen molar-refractivity contribution in [2.24, 2.45) is 4.99 Å². The summed E-state index contributed by atoms with van der Waals surface area (Å²) < 4.78 is 5.30. The summed E-state index contributed by atoms with van der Waals surface area (Å²) in [6.45, 7) is 3.31. The second kappa shape index (κ2) is 8.38. The van der Waals surface area contributed by atoms with E-state index in [1.807, 2.05) is 18.2 Å². The lowest BCUT2D eigenvalue weighted by Crippen LogP contribution is -2.37. The molecular formula is C16H23N3O. The molecule has 4 heteroatoms. The van der Waals surface area contributed by atoms with Gasteiger partial charge in [-0.15, -0.1) is 0 Å². The number of ether oxygens (including phenoxy) is 1. The van der Waals surface area contributed by atoms with Gasteiger partial charge in [-0.2, -0.15) is 0 Å². The van der Waals surface area contributed by atoms with Gasteiger partial charge in [-0.1, -0.05) is 42.0 Å². The van der Waals surface area contributed by atoms with Crippen LogP contribution in [-0.4, -0.2) is 32.8 Å². The molecule has 0 bridgehead atoms. The fraction of sp³-hybridized carbons (Fsp3) is 0.438. The third-order valence-electron chi connectivity index (χ3n) is 3.32. The standard InChI is InChI=1S/C16H23N3O/c1-17-16(19-13-15-5-3-2-4-6-15)18-10-7-14-8-11-20-12-9-14/h2-6,8H,7,9-13H2,1H3,(H2,17,18,19). The summed E-state index contributed by atoms with van der Waals surface area (Å²) in [7, 11) is 1.80. The predicted octanol–water partition coefficient (Wildman–Crippen LogP) is 2.09. The smallest absolute Gasteiger partial charge is 0.191 e. The molecule has 20 heavy (non-hydrogen) atoms. The normalized spacial score (nSPS) is 15.7. The molecule has 0 aliphatic carbocycles. The molecule has 0 fully saturated rings. The summed E-state index contributed by atoms with van der Waals surface area (Å²) in [4.78, 5) is 4.24. The molecule has 2 rings (SSSR count). The van der Waals surface area contributed by atoms with E-state index in [2.05, 4.69) is 33.8 Å². The van der Waals surface area contributed by atoms with Gasteiger partial charge in [0.05, 0.1) is 13.2 Å². The molecule has 1 aromatic rings. The van der Waals surface area contributed by atoms with Crippen molar-refractivity contribution in [2.45, 2.75) is 19.4 Å². The Morgan fingerprint density at radius 1 is 1.25 bits per heavy atom. The molecule has 1 aliphatic rings. The van der Waals surface area contributed by atoms with Crippen molar-refractivity contribution < 1.29 is 4.74 Å². The zero-order valence-electron chi connectivity index (χ0n) is 12.1. The van der Waals surface area contributed by atoms with Gasteiger partial charge in [-0.25, -0.2) is 0 Å². The largest absolute Gasteiger partial charge is 0.377 e. The average molecular weight is 273 g/mol. The molecule has 0 aromatic heterocycles. The van der Waals surface area contributed by atoms with Crippen LogP contribution < -0.4 is 10.6 Å². The van der Waals surface area contributed by atoms with Gasteiger partial charge in [0.15, 0.2) is 5.96 Å². The first kappa shape index (κ1) is 14.6. The van der Waals surface area contributed by atoms with Crippen molar-refractivity contribution in [2.75, 3.05) is 26.8 Å². The van der Waals surface area contributed by atoms with Gasteiger partial charge in [-0.3, -0.25) is 4.99 Å². The van der Waals surface area contributed by atoms with Gasteiger partial charge < -0.3 is 15.4 Å². The zero-order valence-corrected chi connectivity index (χ0v) is 12.1. The van der Waals surface area contributed by atoms with E-state index in [9.17, 15) is 0 Å². The molecule has 1 aromatic carbocycles. The summed E-state index contributed by atoms with van der Waals surface area (Å²) in [5.74, 6) is 0.849. The summed E-state index contributed by atoms with van der Waals surface area (Å²) in [6.07, 6.45) is 4.29. The SMILES string of the molecule is CN=C(NCCC1=CCOCC1)NCc1ccccc1. The minimum absolute atomic E-state index is 0.760. The highest BCUT2D eigenvalue weighted by Crippen LogP contribution is 2.10. The van der Waals surface area contributed by atoms with Gasteiger partial charge in [0.1, 0.15) is 0 Å². The van der Waals surface area contributed by atoms with Crippen LogP contribution in [0.3, 0.4) is 0 Å². The highest BCUT2D eigenvalue weighted by molar-refractivity contribution is 5.79. The van der Waals surface area contributed by atoms with Gasteiger partial charge in [0, 0.05) is 20.1 Å². The molecule has 0 radical (unpaired) electrons. The molecular weight excluding hydrogens is 250 g/mol. The molecule has 4 nitrogen and oxygen atoms in total. The van der Waals surface area contributed by atoms with E-state index in [0.29, 0.717) is 0 Å². The number of rotatable bonds is 5. The van der Waals surface area contributed by atoms with Gasteiger partial charge in [0.25, 0.3) is 0 Å². The molecule has 1 aliphatic heterocycles. The number of guanidine groups is 1. The Morgan fingerprint density at radius 3 is 2.80 bits per heavy atom. The van der Waals surface area contributed by atoms with Crippen LogP contribution in [0.15, 0.2) is 47.0 Å². The van der Waals surface area contributed by atoms with E-state index in [1.165, 1.54) is 11.1 Å². The number of hydrogen-bond acceptors (Lipinski definition) is 2. The van der Waals surface area contributed by atoms with Gasteiger partial charge >= 0.3 is 0 Å². The van der Waals surface area contributed by atoms with Crippen LogP contribution in [0, 0.1) is 0 Å². The maximum atomic E-state index is 5.30. The number of aliphatic imine (C=N–C) groups is 1. The molecule has 0 unspecified atom stereocenters. The first-order chi connectivity index (χ1) is 9.88. The number of benzene rings is 1. The highest BCUT2D eigenvalue weighted by atomic mass is 16.5. The Kier molecular flexibility index (Phi) is 6.11. The van der Waals surface area contributed by atoms with E-state index in [4.69, 9.17) is 4.74 Å². The molecule has 1 heterocycles. The minimum Gasteiger partial charge on any atom is -0.377 e. The fourth-order valence-electron chi connectivity index (χ4n) is 2.14. The first-order valence-corrected chi connectivity index (χ1v) is 7.12. The Morgan fingerprint density at radius 2 is 2.10 bits per heavy atom. The molecule has 108 valence electrons. The molecule has 0 saturated heterocycles. The Labute approximate surface area is 120 Å². The Bertz CT molecular complexity index is 454. The van der Waals surface area contributed by atoms with Crippen LogP contribution in [0.5, 0.6) is 0 Å². The predicted molar refractivity (Wildman–Crippen MR) is 82.8 cm³/mol. The average Bonchev–Trinajstić information content (AvgIpc) is 2.52. The lowest BCUT2D eigenvalue weighted by molar-refractivity contribution is 0.153. The monoisotopic (exact) mass is 273 g/mol. The fourth-order valence-corrected chi connectivity index (χ4v) is 2.14. The Balaban J connectivity index is 1.69. The van der Waals surface area contributed by atoms with Crippen LogP contribution in [-0.2, 0) is 11.3 Å². The second-order valence-corrected chi connectivity index (χ2v) is 4.78. The molecule has 0 amide bonds. The maximum absolute atomic E-state index is 5.30. The van der Waals surface area contributed by atoms with Crippen LogP contribution in [0.2, 0.25) is 0 Å². The summed E-state index contributed by atoms with van der Waals surface area (Å²) in [6, 6.07) is 10.3. The van der Waals surface area contributed by atoms with E-state index in [-0.39, 0.29) is 0 Å². The Hall–Kier alpha value is -1.81.